The van der Waals surface area contributed by atoms with Gasteiger partial charge < -0.3 is 10.1 Å². The van der Waals surface area contributed by atoms with Crippen molar-refractivity contribution in [1.82, 2.24) is 10.2 Å². The third kappa shape index (κ3) is 4.51. The van der Waals surface area contributed by atoms with Gasteiger partial charge in [-0.2, -0.15) is 0 Å². The highest BCUT2D eigenvalue weighted by Gasteiger charge is 2.24. The molecule has 1 atom stereocenters. The van der Waals surface area contributed by atoms with Crippen molar-refractivity contribution in [2.75, 3.05) is 32.8 Å². The number of halogens is 2. The number of nitrogens with zero attached hydrogens (tertiary/aromatic N) is 1. The molecule has 0 aromatic heterocycles. The van der Waals surface area contributed by atoms with E-state index in [1.807, 2.05) is 0 Å². The summed E-state index contributed by atoms with van der Waals surface area (Å²) < 4.78 is 5.64. The Hall–Kier alpha value is -0.480. The normalized spacial score (nSPS) is 18.9. The Kier molecular flexibility index (Phi) is 7.98. The lowest BCUT2D eigenvalue weighted by Gasteiger charge is -2.36. The van der Waals surface area contributed by atoms with E-state index < -0.39 is 0 Å². The van der Waals surface area contributed by atoms with Gasteiger partial charge >= 0.3 is 0 Å². The minimum absolute atomic E-state index is 0. The fourth-order valence-corrected chi connectivity index (χ4v) is 3.35. The predicted molar refractivity (Wildman–Crippen MR) is 96.8 cm³/mol. The number of rotatable bonds is 4. The lowest BCUT2D eigenvalue weighted by atomic mass is 9.93. The number of nitrogens with one attached hydrogen (secondary N) is 1. The van der Waals surface area contributed by atoms with Gasteiger partial charge in [-0.3, -0.25) is 4.90 Å². The molecule has 3 nitrogen and oxygen atoms in total. The first-order valence-electron chi connectivity index (χ1n) is 7.94. The molecule has 2 aliphatic heterocycles. The van der Waals surface area contributed by atoms with Crippen molar-refractivity contribution in [3.63, 3.8) is 0 Å². The lowest BCUT2D eigenvalue weighted by molar-refractivity contribution is 0.154. The minimum Gasteiger partial charge on any atom is -0.493 e. The van der Waals surface area contributed by atoms with Crippen LogP contribution in [0.4, 0.5) is 0 Å². The molecular weight excluding hydrogens is 319 g/mol. The van der Waals surface area contributed by atoms with Gasteiger partial charge in [-0.25, -0.2) is 0 Å². The summed E-state index contributed by atoms with van der Waals surface area (Å²) in [5, 5.41) is 3.45. The van der Waals surface area contributed by atoms with E-state index in [4.69, 9.17) is 4.74 Å². The van der Waals surface area contributed by atoms with Crippen LogP contribution in [0.25, 0.3) is 0 Å². The Balaban J connectivity index is 0.00000121. The van der Waals surface area contributed by atoms with Crippen LogP contribution in [0, 0.1) is 5.92 Å². The van der Waals surface area contributed by atoms with Crippen LogP contribution in [0.1, 0.15) is 37.4 Å². The average Bonchev–Trinajstić information content (AvgIpc) is 2.93. The molecule has 1 aromatic carbocycles. The maximum absolute atomic E-state index is 5.64. The summed E-state index contributed by atoms with van der Waals surface area (Å²) in [6.07, 6.45) is 2.30. The zero-order valence-corrected chi connectivity index (χ0v) is 15.1. The predicted octanol–water partition coefficient (Wildman–Crippen LogP) is 3.46. The fourth-order valence-electron chi connectivity index (χ4n) is 3.35. The van der Waals surface area contributed by atoms with Gasteiger partial charge in [0.1, 0.15) is 5.75 Å². The monoisotopic (exact) mass is 346 g/mol. The van der Waals surface area contributed by atoms with Crippen LogP contribution in [0.5, 0.6) is 5.75 Å². The Bertz CT molecular complexity index is 462. The fraction of sp³-hybridized carbons (Fsp3) is 0.647. The number of piperazine rings is 1. The molecule has 0 amide bonds. The third-order valence-corrected chi connectivity index (χ3v) is 4.39. The van der Waals surface area contributed by atoms with E-state index in [9.17, 15) is 0 Å². The van der Waals surface area contributed by atoms with Crippen molar-refractivity contribution < 1.29 is 4.74 Å². The molecule has 2 aliphatic rings. The second-order valence-corrected chi connectivity index (χ2v) is 6.40. The van der Waals surface area contributed by atoms with Gasteiger partial charge in [-0.05, 0) is 29.5 Å². The number of fused-ring (bicyclic) bond motifs is 1. The van der Waals surface area contributed by atoms with Crippen LogP contribution < -0.4 is 10.1 Å². The average molecular weight is 347 g/mol. The van der Waals surface area contributed by atoms with Gasteiger partial charge in [-0.15, -0.1) is 24.8 Å². The second-order valence-electron chi connectivity index (χ2n) is 6.40. The van der Waals surface area contributed by atoms with Crippen molar-refractivity contribution in [2.24, 2.45) is 5.92 Å². The van der Waals surface area contributed by atoms with Crippen molar-refractivity contribution in [2.45, 2.75) is 32.7 Å². The van der Waals surface area contributed by atoms with Crippen LogP contribution in [0.3, 0.4) is 0 Å². The molecule has 0 unspecified atom stereocenters. The molecule has 0 bridgehead atoms. The van der Waals surface area contributed by atoms with E-state index in [0.29, 0.717) is 6.04 Å². The summed E-state index contributed by atoms with van der Waals surface area (Å²) >= 11 is 0. The number of hydrogen-bond acceptors (Lipinski definition) is 3. The van der Waals surface area contributed by atoms with Crippen molar-refractivity contribution in [3.8, 4) is 5.75 Å². The summed E-state index contributed by atoms with van der Waals surface area (Å²) in [6.45, 7) is 10.0. The SMILES string of the molecule is CC(C)C[C@H](c1ccc2c(c1)CCO2)N1CCNCC1.Cl.Cl. The quantitative estimate of drug-likeness (QED) is 0.903. The lowest BCUT2D eigenvalue weighted by Crippen LogP contribution is -2.45. The second kappa shape index (κ2) is 8.97. The Morgan fingerprint density at radius 2 is 1.91 bits per heavy atom. The van der Waals surface area contributed by atoms with E-state index >= 15 is 0 Å². The van der Waals surface area contributed by atoms with Gasteiger partial charge in [0, 0.05) is 38.6 Å². The highest BCUT2D eigenvalue weighted by Crippen LogP contribution is 2.33. The zero-order chi connectivity index (χ0) is 13.9. The van der Waals surface area contributed by atoms with Gasteiger partial charge in [0.2, 0.25) is 0 Å². The third-order valence-electron chi connectivity index (χ3n) is 4.39. The summed E-state index contributed by atoms with van der Waals surface area (Å²) in [6, 6.07) is 7.40. The first-order valence-corrected chi connectivity index (χ1v) is 7.94. The van der Waals surface area contributed by atoms with Gasteiger partial charge in [0.05, 0.1) is 6.61 Å². The van der Waals surface area contributed by atoms with Crippen molar-refractivity contribution in [3.05, 3.63) is 29.3 Å². The standard InChI is InChI=1S/C17H26N2O.2ClH/c1-13(2)11-16(19-8-6-18-7-9-19)14-3-4-17-15(12-14)5-10-20-17;;/h3-4,12-13,16,18H,5-11H2,1-2H3;2*1H/t16-;;/m1../s1. The van der Waals surface area contributed by atoms with Gasteiger partial charge in [0.25, 0.3) is 0 Å². The molecule has 0 saturated carbocycles. The van der Waals surface area contributed by atoms with Crippen LogP contribution in [-0.2, 0) is 6.42 Å². The van der Waals surface area contributed by atoms with E-state index in [1.54, 1.807) is 0 Å². The molecule has 0 radical (unpaired) electrons. The molecule has 22 heavy (non-hydrogen) atoms. The van der Waals surface area contributed by atoms with E-state index in [-0.39, 0.29) is 24.8 Å². The maximum Gasteiger partial charge on any atom is 0.122 e. The van der Waals surface area contributed by atoms with E-state index in [0.717, 1.165) is 50.9 Å². The van der Waals surface area contributed by atoms with Crippen LogP contribution >= 0.6 is 24.8 Å². The Labute approximate surface area is 146 Å². The molecule has 1 fully saturated rings. The molecular formula is C17H28Cl2N2O. The molecule has 0 aliphatic carbocycles. The number of benzene rings is 1. The molecule has 5 heteroatoms. The number of hydrogen-bond donors (Lipinski definition) is 1. The first-order chi connectivity index (χ1) is 9.74. The molecule has 126 valence electrons. The summed E-state index contributed by atoms with van der Waals surface area (Å²) in [7, 11) is 0. The van der Waals surface area contributed by atoms with Gasteiger partial charge in [0.15, 0.2) is 0 Å². The molecule has 2 heterocycles. The number of ether oxygens (including phenoxy) is 1. The molecule has 1 aromatic rings. The largest absolute Gasteiger partial charge is 0.493 e. The molecule has 1 saturated heterocycles. The highest BCUT2D eigenvalue weighted by atomic mass is 35.5. The molecule has 1 N–H and O–H groups in total. The van der Waals surface area contributed by atoms with Crippen molar-refractivity contribution >= 4 is 24.8 Å². The topological polar surface area (TPSA) is 24.5 Å². The van der Waals surface area contributed by atoms with Crippen LogP contribution in [-0.4, -0.2) is 37.7 Å². The summed E-state index contributed by atoms with van der Waals surface area (Å²) in [5.41, 5.74) is 2.87. The minimum atomic E-state index is 0. The Morgan fingerprint density at radius 1 is 1.18 bits per heavy atom. The van der Waals surface area contributed by atoms with Gasteiger partial charge in [-0.1, -0.05) is 26.0 Å². The maximum atomic E-state index is 5.64. The Morgan fingerprint density at radius 3 is 2.59 bits per heavy atom. The van der Waals surface area contributed by atoms with E-state index in [2.05, 4.69) is 42.3 Å². The molecule has 0 spiro atoms. The van der Waals surface area contributed by atoms with E-state index in [1.165, 1.54) is 17.5 Å². The first kappa shape index (κ1) is 19.6. The highest BCUT2D eigenvalue weighted by molar-refractivity contribution is 5.85. The smallest absolute Gasteiger partial charge is 0.122 e. The summed E-state index contributed by atoms with van der Waals surface area (Å²) in [5.74, 6) is 1.82. The molecule has 3 rings (SSSR count). The van der Waals surface area contributed by atoms with Crippen molar-refractivity contribution in [1.29, 1.82) is 0 Å². The summed E-state index contributed by atoms with van der Waals surface area (Å²) in [4.78, 5) is 2.65. The van der Waals surface area contributed by atoms with Crippen LogP contribution in [0.15, 0.2) is 18.2 Å². The zero-order valence-electron chi connectivity index (χ0n) is 13.5. The van der Waals surface area contributed by atoms with Crippen LogP contribution in [0.2, 0.25) is 0 Å².